The van der Waals surface area contributed by atoms with Crippen LogP contribution in [0.4, 0.5) is 0 Å². The van der Waals surface area contributed by atoms with E-state index in [1.807, 2.05) is 0 Å². The van der Waals surface area contributed by atoms with Crippen LogP contribution in [0.25, 0.3) is 0 Å². The van der Waals surface area contributed by atoms with Crippen LogP contribution in [0.5, 0.6) is 0 Å². The smallest absolute Gasteiger partial charge is 0.323 e. The number of carbonyl (C=O) groups excluding carboxylic acids is 1. The van der Waals surface area contributed by atoms with Crippen LogP contribution in [0.1, 0.15) is 26.2 Å². The quantitative estimate of drug-likeness (QED) is 0.721. The first-order valence-electron chi connectivity index (χ1n) is 5.39. The summed E-state index contributed by atoms with van der Waals surface area (Å²) in [6, 6.07) is -0.527. The van der Waals surface area contributed by atoms with Crippen LogP contribution in [-0.2, 0) is 14.3 Å². The summed E-state index contributed by atoms with van der Waals surface area (Å²) in [4.78, 5) is 11.2. The van der Waals surface area contributed by atoms with Crippen molar-refractivity contribution < 1.29 is 14.3 Å². The lowest BCUT2D eigenvalue weighted by molar-refractivity contribution is -0.144. The van der Waals surface area contributed by atoms with Gasteiger partial charge in [0.05, 0.1) is 6.61 Å². The number of hydrogen-bond donors (Lipinski definition) is 1. The van der Waals surface area contributed by atoms with Crippen molar-refractivity contribution in [1.29, 1.82) is 0 Å². The highest BCUT2D eigenvalue weighted by molar-refractivity contribution is 7.99. The summed E-state index contributed by atoms with van der Waals surface area (Å²) in [5, 5.41) is 0. The Morgan fingerprint density at radius 1 is 1.67 bits per heavy atom. The highest BCUT2D eigenvalue weighted by Gasteiger charge is 2.19. The van der Waals surface area contributed by atoms with Gasteiger partial charge in [0.25, 0.3) is 0 Å². The zero-order valence-electron chi connectivity index (χ0n) is 9.11. The molecule has 0 spiro atoms. The third-order valence-electron chi connectivity index (χ3n) is 2.19. The van der Waals surface area contributed by atoms with Gasteiger partial charge in [0.1, 0.15) is 11.5 Å². The predicted octanol–water partition coefficient (Wildman–Crippen LogP) is 1.14. The first-order valence-corrected chi connectivity index (χ1v) is 6.44. The number of esters is 1. The van der Waals surface area contributed by atoms with Gasteiger partial charge in [0.2, 0.25) is 0 Å². The molecular weight excluding hydrogens is 214 g/mol. The zero-order valence-corrected chi connectivity index (χ0v) is 9.92. The van der Waals surface area contributed by atoms with Crippen molar-refractivity contribution in [1.82, 2.24) is 0 Å². The fourth-order valence-corrected chi connectivity index (χ4v) is 2.45. The summed E-state index contributed by atoms with van der Waals surface area (Å²) >= 11 is 1.61. The largest absolute Gasteiger partial charge is 0.465 e. The van der Waals surface area contributed by atoms with Gasteiger partial charge in [-0.15, -0.1) is 11.8 Å². The molecule has 5 heteroatoms. The van der Waals surface area contributed by atoms with Gasteiger partial charge in [-0.25, -0.2) is 0 Å². The predicted molar refractivity (Wildman–Crippen MR) is 60.7 cm³/mol. The lowest BCUT2D eigenvalue weighted by Gasteiger charge is -2.22. The second kappa shape index (κ2) is 7.09. The third-order valence-corrected chi connectivity index (χ3v) is 3.48. The van der Waals surface area contributed by atoms with Gasteiger partial charge in [-0.1, -0.05) is 0 Å². The molecule has 0 aromatic carbocycles. The Balaban J connectivity index is 2.14. The Bertz CT molecular complexity index is 195. The maximum atomic E-state index is 11.2. The minimum absolute atomic E-state index is 0.208. The van der Waals surface area contributed by atoms with Crippen LogP contribution in [0.15, 0.2) is 0 Å². The number of hydrogen-bond acceptors (Lipinski definition) is 5. The average molecular weight is 233 g/mol. The van der Waals surface area contributed by atoms with E-state index in [0.717, 1.165) is 19.4 Å². The third kappa shape index (κ3) is 4.86. The van der Waals surface area contributed by atoms with Gasteiger partial charge >= 0.3 is 5.97 Å². The van der Waals surface area contributed by atoms with Crippen molar-refractivity contribution in [2.75, 3.05) is 19.0 Å². The summed E-state index contributed by atoms with van der Waals surface area (Å²) in [5.74, 6) is 0.254. The van der Waals surface area contributed by atoms with Crippen LogP contribution in [0, 0.1) is 0 Å². The fraction of sp³-hybridized carbons (Fsp3) is 0.900. The van der Waals surface area contributed by atoms with Gasteiger partial charge in [0.15, 0.2) is 0 Å². The van der Waals surface area contributed by atoms with E-state index in [1.165, 1.54) is 6.42 Å². The molecule has 0 aliphatic carbocycles. The van der Waals surface area contributed by atoms with E-state index in [4.69, 9.17) is 15.2 Å². The van der Waals surface area contributed by atoms with Crippen LogP contribution < -0.4 is 5.73 Å². The molecule has 2 atom stereocenters. The second-order valence-electron chi connectivity index (χ2n) is 3.49. The van der Waals surface area contributed by atoms with Gasteiger partial charge in [0, 0.05) is 12.4 Å². The van der Waals surface area contributed by atoms with E-state index in [-0.39, 0.29) is 11.4 Å². The number of carbonyl (C=O) groups is 1. The molecule has 1 saturated heterocycles. The van der Waals surface area contributed by atoms with E-state index in [0.29, 0.717) is 12.4 Å². The maximum absolute atomic E-state index is 11.2. The molecule has 0 amide bonds. The molecule has 0 aromatic heterocycles. The molecule has 1 aliphatic rings. The van der Waals surface area contributed by atoms with E-state index in [2.05, 4.69) is 0 Å². The highest BCUT2D eigenvalue weighted by Crippen LogP contribution is 2.23. The Morgan fingerprint density at radius 3 is 3.07 bits per heavy atom. The minimum atomic E-state index is -0.527. The molecule has 0 bridgehead atoms. The summed E-state index contributed by atoms with van der Waals surface area (Å²) in [6.07, 6.45) is 3.40. The minimum Gasteiger partial charge on any atom is -0.465 e. The van der Waals surface area contributed by atoms with Gasteiger partial charge in [-0.3, -0.25) is 4.79 Å². The monoisotopic (exact) mass is 233 g/mol. The molecule has 1 aliphatic heterocycles. The lowest BCUT2D eigenvalue weighted by atomic mass is 10.2. The van der Waals surface area contributed by atoms with Gasteiger partial charge in [-0.05, 0) is 26.2 Å². The maximum Gasteiger partial charge on any atom is 0.323 e. The summed E-state index contributed by atoms with van der Waals surface area (Å²) in [5.41, 5.74) is 5.88. The summed E-state index contributed by atoms with van der Waals surface area (Å²) < 4.78 is 10.3. The molecule has 0 radical (unpaired) electrons. The van der Waals surface area contributed by atoms with Crippen molar-refractivity contribution >= 4 is 17.7 Å². The molecule has 4 nitrogen and oxygen atoms in total. The molecule has 1 fully saturated rings. The molecule has 0 unspecified atom stereocenters. The zero-order chi connectivity index (χ0) is 11.1. The van der Waals surface area contributed by atoms with Gasteiger partial charge < -0.3 is 15.2 Å². The van der Waals surface area contributed by atoms with Crippen LogP contribution in [0.2, 0.25) is 0 Å². The molecule has 1 rings (SSSR count). The van der Waals surface area contributed by atoms with Crippen LogP contribution in [0.3, 0.4) is 0 Å². The molecule has 1 heterocycles. The lowest BCUT2D eigenvalue weighted by Crippen LogP contribution is -2.35. The normalized spacial score (nSPS) is 23.5. The molecular formula is C10H19NO3S. The van der Waals surface area contributed by atoms with E-state index in [9.17, 15) is 4.79 Å². The average Bonchev–Trinajstić information content (AvgIpc) is 2.27. The van der Waals surface area contributed by atoms with Crippen molar-refractivity contribution in [3.63, 3.8) is 0 Å². The Labute approximate surface area is 94.9 Å². The molecule has 0 saturated carbocycles. The van der Waals surface area contributed by atoms with Crippen molar-refractivity contribution in [3.05, 3.63) is 0 Å². The van der Waals surface area contributed by atoms with Crippen LogP contribution >= 0.6 is 11.8 Å². The number of thioether (sulfide) groups is 1. The SMILES string of the molecule is CCOC(=O)[C@H](N)CS[C@H]1CCCCO1. The number of rotatable bonds is 5. The standard InChI is InChI=1S/C10H19NO3S/c1-2-13-10(12)8(11)7-15-9-5-3-4-6-14-9/h8-9H,2-7,11H2,1H3/t8-,9+/m1/s1. The van der Waals surface area contributed by atoms with E-state index >= 15 is 0 Å². The molecule has 0 aromatic rings. The van der Waals surface area contributed by atoms with Crippen molar-refractivity contribution in [3.8, 4) is 0 Å². The Kier molecular flexibility index (Phi) is 6.05. The van der Waals surface area contributed by atoms with E-state index in [1.54, 1.807) is 18.7 Å². The van der Waals surface area contributed by atoms with Crippen molar-refractivity contribution in [2.45, 2.75) is 37.7 Å². The Morgan fingerprint density at radius 2 is 2.47 bits per heavy atom. The molecule has 2 N–H and O–H groups in total. The first kappa shape index (κ1) is 12.8. The van der Waals surface area contributed by atoms with E-state index < -0.39 is 6.04 Å². The van der Waals surface area contributed by atoms with Crippen LogP contribution in [-0.4, -0.2) is 36.4 Å². The highest BCUT2D eigenvalue weighted by atomic mass is 32.2. The van der Waals surface area contributed by atoms with Gasteiger partial charge in [-0.2, -0.15) is 0 Å². The second-order valence-corrected chi connectivity index (χ2v) is 4.68. The topological polar surface area (TPSA) is 61.5 Å². The molecule has 15 heavy (non-hydrogen) atoms. The number of nitrogens with two attached hydrogens (primary N) is 1. The summed E-state index contributed by atoms with van der Waals surface area (Å²) in [7, 11) is 0. The molecule has 88 valence electrons. The fourth-order valence-electron chi connectivity index (χ4n) is 1.37. The summed E-state index contributed by atoms with van der Waals surface area (Å²) in [6.45, 7) is 2.99. The Hall–Kier alpha value is -0.260. The number of ether oxygens (including phenoxy) is 2. The first-order chi connectivity index (χ1) is 7.24. The van der Waals surface area contributed by atoms with Crippen molar-refractivity contribution in [2.24, 2.45) is 5.73 Å².